The van der Waals surface area contributed by atoms with Crippen LogP contribution in [-0.4, -0.2) is 5.11 Å². The van der Waals surface area contributed by atoms with Gasteiger partial charge in [0, 0.05) is 5.33 Å². The Hall–Kier alpha value is -0.500. The van der Waals surface area contributed by atoms with Crippen LogP contribution in [0.5, 0.6) is 5.75 Å². The van der Waals surface area contributed by atoms with Gasteiger partial charge in [0.1, 0.15) is 5.75 Å². The summed E-state index contributed by atoms with van der Waals surface area (Å²) in [5, 5.41) is 10.5. The van der Waals surface area contributed by atoms with Crippen LogP contribution in [-0.2, 0) is 5.33 Å². The average molecular weight is 243 g/mol. The summed E-state index contributed by atoms with van der Waals surface area (Å²) in [6.07, 6.45) is 1.05. The predicted octanol–water partition coefficient (Wildman–Crippen LogP) is 3.80. The van der Waals surface area contributed by atoms with Crippen LogP contribution in [0.25, 0.3) is 0 Å². The van der Waals surface area contributed by atoms with E-state index in [1.54, 1.807) is 6.07 Å². The average Bonchev–Trinajstić information content (AvgIpc) is 2.17. The van der Waals surface area contributed by atoms with Crippen molar-refractivity contribution >= 4 is 15.9 Å². The van der Waals surface area contributed by atoms with Gasteiger partial charge in [0.25, 0.3) is 0 Å². The van der Waals surface area contributed by atoms with E-state index in [1.165, 1.54) is 5.56 Å². The highest BCUT2D eigenvalue weighted by molar-refractivity contribution is 9.08. The van der Waals surface area contributed by atoms with Crippen molar-refractivity contribution < 1.29 is 5.11 Å². The van der Waals surface area contributed by atoms with Crippen LogP contribution >= 0.6 is 15.9 Å². The summed E-state index contributed by atoms with van der Waals surface area (Å²) in [5.74, 6) is 0.845. The number of hydrogen-bond donors (Lipinski definition) is 1. The van der Waals surface area contributed by atoms with Gasteiger partial charge in [-0.15, -0.1) is 0 Å². The lowest BCUT2D eigenvalue weighted by Gasteiger charge is -2.12. The molecule has 0 amide bonds. The van der Waals surface area contributed by atoms with Crippen molar-refractivity contribution in [2.45, 2.75) is 31.5 Å². The highest BCUT2D eigenvalue weighted by Gasteiger charge is 2.08. The van der Waals surface area contributed by atoms with Crippen LogP contribution < -0.4 is 0 Å². The van der Waals surface area contributed by atoms with Crippen molar-refractivity contribution in [1.29, 1.82) is 0 Å². The lowest BCUT2D eigenvalue weighted by molar-refractivity contribution is 0.461. The number of phenolic OH excluding ortho intramolecular Hbond substituents is 1. The number of phenols is 1. The maximum atomic E-state index is 9.62. The summed E-state index contributed by atoms with van der Waals surface area (Å²) in [6, 6.07) is 5.78. The molecule has 0 aromatic heterocycles. The van der Waals surface area contributed by atoms with Gasteiger partial charge in [-0.25, -0.2) is 0 Å². The maximum absolute atomic E-state index is 9.62. The van der Waals surface area contributed by atoms with Crippen LogP contribution in [0.2, 0.25) is 0 Å². The van der Waals surface area contributed by atoms with E-state index < -0.39 is 0 Å². The minimum Gasteiger partial charge on any atom is -0.508 e. The first-order valence-corrected chi connectivity index (χ1v) is 5.69. The molecule has 0 saturated heterocycles. The lowest BCUT2D eigenvalue weighted by atomic mass is 9.96. The second-order valence-electron chi connectivity index (χ2n) is 3.34. The molecule has 72 valence electrons. The molecule has 0 heterocycles. The number of alkyl halides is 1. The molecule has 1 nitrogen and oxygen atoms in total. The third-order valence-corrected chi connectivity index (χ3v) is 3.04. The van der Waals surface area contributed by atoms with Gasteiger partial charge in [-0.1, -0.05) is 41.9 Å². The number of hydrogen-bond acceptors (Lipinski definition) is 1. The minimum absolute atomic E-state index is 0.416. The number of rotatable bonds is 3. The molecule has 2 heteroatoms. The van der Waals surface area contributed by atoms with Crippen molar-refractivity contribution in [2.75, 3.05) is 0 Å². The normalized spacial score (nSPS) is 12.8. The molecule has 0 aliphatic carbocycles. The summed E-state index contributed by atoms with van der Waals surface area (Å²) in [4.78, 5) is 0. The molecule has 1 aromatic rings. The maximum Gasteiger partial charge on any atom is 0.119 e. The minimum atomic E-state index is 0.416. The SMILES string of the molecule is CCC(C)c1cc(CBr)ccc1O. The fourth-order valence-corrected chi connectivity index (χ4v) is 1.65. The molecular weight excluding hydrogens is 228 g/mol. The van der Waals surface area contributed by atoms with Crippen LogP contribution in [0, 0.1) is 0 Å². The molecule has 0 spiro atoms. The zero-order valence-corrected chi connectivity index (χ0v) is 9.63. The summed E-state index contributed by atoms with van der Waals surface area (Å²) >= 11 is 3.41. The van der Waals surface area contributed by atoms with Crippen molar-refractivity contribution in [3.63, 3.8) is 0 Å². The van der Waals surface area contributed by atoms with Crippen LogP contribution in [0.1, 0.15) is 37.3 Å². The number of halogens is 1. The van der Waals surface area contributed by atoms with Crippen molar-refractivity contribution in [3.8, 4) is 5.75 Å². The molecule has 1 unspecified atom stereocenters. The zero-order valence-electron chi connectivity index (χ0n) is 8.05. The Bertz CT molecular complexity index is 283. The van der Waals surface area contributed by atoms with Crippen molar-refractivity contribution in [1.82, 2.24) is 0 Å². The topological polar surface area (TPSA) is 20.2 Å². The van der Waals surface area contributed by atoms with E-state index in [9.17, 15) is 5.11 Å². The number of aromatic hydroxyl groups is 1. The van der Waals surface area contributed by atoms with Crippen molar-refractivity contribution in [2.24, 2.45) is 0 Å². The summed E-state index contributed by atoms with van der Waals surface area (Å²) in [5.41, 5.74) is 2.27. The highest BCUT2D eigenvalue weighted by atomic mass is 79.9. The lowest BCUT2D eigenvalue weighted by Crippen LogP contribution is -1.93. The molecule has 1 aromatic carbocycles. The molecule has 0 aliphatic rings. The first-order chi connectivity index (χ1) is 6.19. The van der Waals surface area contributed by atoms with E-state index in [-0.39, 0.29) is 0 Å². The largest absolute Gasteiger partial charge is 0.508 e. The predicted molar refractivity (Wildman–Crippen MR) is 59.4 cm³/mol. The molecule has 0 fully saturated rings. The van der Waals surface area contributed by atoms with E-state index in [2.05, 4.69) is 35.8 Å². The van der Waals surface area contributed by atoms with E-state index in [0.29, 0.717) is 11.7 Å². The summed E-state index contributed by atoms with van der Waals surface area (Å²) in [7, 11) is 0. The molecule has 1 N–H and O–H groups in total. The fraction of sp³-hybridized carbons (Fsp3) is 0.455. The molecule has 1 rings (SSSR count). The standard InChI is InChI=1S/C11H15BrO/c1-3-8(2)10-6-9(7-12)4-5-11(10)13/h4-6,8,13H,3,7H2,1-2H3. The van der Waals surface area contributed by atoms with E-state index >= 15 is 0 Å². The number of benzene rings is 1. The van der Waals surface area contributed by atoms with Gasteiger partial charge in [-0.05, 0) is 29.5 Å². The molecular formula is C11H15BrO. The molecule has 1 atom stereocenters. The van der Waals surface area contributed by atoms with Crippen LogP contribution in [0.3, 0.4) is 0 Å². The van der Waals surface area contributed by atoms with Gasteiger partial charge < -0.3 is 5.11 Å². The molecule has 13 heavy (non-hydrogen) atoms. The van der Waals surface area contributed by atoms with E-state index in [0.717, 1.165) is 17.3 Å². The third-order valence-electron chi connectivity index (χ3n) is 2.39. The Morgan fingerprint density at radius 3 is 2.69 bits per heavy atom. The zero-order chi connectivity index (χ0) is 9.84. The van der Waals surface area contributed by atoms with Gasteiger partial charge in [-0.3, -0.25) is 0 Å². The van der Waals surface area contributed by atoms with Gasteiger partial charge in [0.15, 0.2) is 0 Å². The summed E-state index contributed by atoms with van der Waals surface area (Å²) in [6.45, 7) is 4.26. The van der Waals surface area contributed by atoms with Crippen molar-refractivity contribution in [3.05, 3.63) is 29.3 Å². The molecule has 0 saturated carbocycles. The summed E-state index contributed by atoms with van der Waals surface area (Å²) < 4.78 is 0. The second kappa shape index (κ2) is 4.66. The Labute approximate surface area is 87.9 Å². The third kappa shape index (κ3) is 2.47. The molecule has 0 radical (unpaired) electrons. The van der Waals surface area contributed by atoms with Gasteiger partial charge in [0.2, 0.25) is 0 Å². The van der Waals surface area contributed by atoms with Crippen LogP contribution in [0.15, 0.2) is 18.2 Å². The molecule has 0 aliphatic heterocycles. The Morgan fingerprint density at radius 1 is 1.46 bits per heavy atom. The first-order valence-electron chi connectivity index (χ1n) is 4.56. The van der Waals surface area contributed by atoms with Gasteiger partial charge in [0.05, 0.1) is 0 Å². The quantitative estimate of drug-likeness (QED) is 0.800. The molecule has 0 bridgehead atoms. The monoisotopic (exact) mass is 242 g/mol. The Morgan fingerprint density at radius 2 is 2.15 bits per heavy atom. The van der Waals surface area contributed by atoms with Gasteiger partial charge >= 0.3 is 0 Å². The highest BCUT2D eigenvalue weighted by Crippen LogP contribution is 2.29. The second-order valence-corrected chi connectivity index (χ2v) is 3.90. The van der Waals surface area contributed by atoms with E-state index in [4.69, 9.17) is 0 Å². The first kappa shape index (κ1) is 10.6. The van der Waals surface area contributed by atoms with E-state index in [1.807, 2.05) is 6.07 Å². The fourth-order valence-electron chi connectivity index (χ4n) is 1.30. The van der Waals surface area contributed by atoms with Crippen LogP contribution in [0.4, 0.5) is 0 Å². The Balaban J connectivity index is 3.03. The smallest absolute Gasteiger partial charge is 0.119 e. The van der Waals surface area contributed by atoms with Gasteiger partial charge in [-0.2, -0.15) is 0 Å². The Kier molecular flexibility index (Phi) is 3.79.